The molecule has 0 spiro atoms. The topological polar surface area (TPSA) is 42.4 Å². The Bertz CT molecular complexity index is 973. The van der Waals surface area contributed by atoms with Gasteiger partial charge in [-0.05, 0) is 63.1 Å². The predicted molar refractivity (Wildman–Crippen MR) is 108 cm³/mol. The molecule has 1 heterocycles. The van der Waals surface area contributed by atoms with Gasteiger partial charge in [0.2, 0.25) is 0 Å². The lowest BCUT2D eigenvalue weighted by Gasteiger charge is -2.27. The summed E-state index contributed by atoms with van der Waals surface area (Å²) in [5.41, 5.74) is 3.35. The van der Waals surface area contributed by atoms with Gasteiger partial charge in [0.05, 0.1) is 23.9 Å². The lowest BCUT2D eigenvalue weighted by molar-refractivity contribution is 0.0692. The highest BCUT2D eigenvalue weighted by molar-refractivity contribution is 6.07. The molecule has 27 heavy (non-hydrogen) atoms. The van der Waals surface area contributed by atoms with E-state index in [1.165, 1.54) is 0 Å². The minimum absolute atomic E-state index is 0.0980. The van der Waals surface area contributed by atoms with Crippen molar-refractivity contribution < 1.29 is 9.53 Å². The summed E-state index contributed by atoms with van der Waals surface area (Å²) in [5, 5.41) is 0.908. The maximum atomic E-state index is 13.4. The fourth-order valence-electron chi connectivity index (χ4n) is 3.58. The summed E-state index contributed by atoms with van der Waals surface area (Å²) in [5.74, 6) is 0.899. The molecule has 0 atom stereocenters. The SMILES string of the molecule is COc1ccc(-c2cc(C(=O)N(C(C)C)C3CC3)c3ccccc3n2)cc1. The molecular weight excluding hydrogens is 336 g/mol. The van der Waals surface area contributed by atoms with E-state index in [2.05, 4.69) is 13.8 Å². The summed E-state index contributed by atoms with van der Waals surface area (Å²) in [4.78, 5) is 20.3. The number of fused-ring (bicyclic) bond motifs is 1. The quantitative estimate of drug-likeness (QED) is 0.648. The van der Waals surface area contributed by atoms with Crippen molar-refractivity contribution in [2.24, 2.45) is 0 Å². The van der Waals surface area contributed by atoms with E-state index in [1.54, 1.807) is 7.11 Å². The van der Waals surface area contributed by atoms with Crippen molar-refractivity contribution in [3.05, 3.63) is 60.2 Å². The van der Waals surface area contributed by atoms with Crippen molar-refractivity contribution in [3.8, 4) is 17.0 Å². The molecule has 1 aliphatic carbocycles. The zero-order chi connectivity index (χ0) is 19.0. The average molecular weight is 360 g/mol. The Labute approximate surface area is 159 Å². The summed E-state index contributed by atoms with van der Waals surface area (Å²) < 4.78 is 5.25. The van der Waals surface area contributed by atoms with Crippen LogP contribution in [0.5, 0.6) is 5.75 Å². The molecule has 0 aliphatic heterocycles. The first-order valence-electron chi connectivity index (χ1n) is 9.45. The summed E-state index contributed by atoms with van der Waals surface area (Å²) in [7, 11) is 1.65. The molecule has 0 saturated heterocycles. The van der Waals surface area contributed by atoms with Gasteiger partial charge >= 0.3 is 0 Å². The van der Waals surface area contributed by atoms with E-state index >= 15 is 0 Å². The minimum atomic E-state index is 0.0980. The van der Waals surface area contributed by atoms with Crippen LogP contribution in [0.25, 0.3) is 22.2 Å². The first-order valence-corrected chi connectivity index (χ1v) is 9.45. The van der Waals surface area contributed by atoms with Crippen LogP contribution in [0.3, 0.4) is 0 Å². The van der Waals surface area contributed by atoms with Gasteiger partial charge in [-0.25, -0.2) is 4.98 Å². The van der Waals surface area contributed by atoms with E-state index in [9.17, 15) is 4.79 Å². The number of pyridine rings is 1. The van der Waals surface area contributed by atoms with Gasteiger partial charge in [0.25, 0.3) is 5.91 Å². The van der Waals surface area contributed by atoms with Gasteiger partial charge in [0.1, 0.15) is 5.75 Å². The summed E-state index contributed by atoms with van der Waals surface area (Å²) >= 11 is 0. The monoisotopic (exact) mass is 360 g/mol. The molecule has 1 aliphatic rings. The number of methoxy groups -OCH3 is 1. The van der Waals surface area contributed by atoms with Gasteiger partial charge in [0, 0.05) is 23.0 Å². The molecule has 0 N–H and O–H groups in total. The number of carbonyl (C=O) groups excluding carboxylic acids is 1. The fraction of sp³-hybridized carbons (Fsp3) is 0.304. The molecule has 1 saturated carbocycles. The number of ether oxygens (including phenoxy) is 1. The molecule has 1 amide bonds. The summed E-state index contributed by atoms with van der Waals surface area (Å²) in [6.45, 7) is 4.17. The number of hydrogen-bond donors (Lipinski definition) is 0. The van der Waals surface area contributed by atoms with Crippen LogP contribution in [-0.4, -0.2) is 35.0 Å². The smallest absolute Gasteiger partial charge is 0.255 e. The lowest BCUT2D eigenvalue weighted by Crippen LogP contribution is -2.38. The second-order valence-corrected chi connectivity index (χ2v) is 7.34. The Morgan fingerprint density at radius 2 is 1.81 bits per heavy atom. The molecule has 3 aromatic rings. The number of rotatable bonds is 5. The molecule has 0 radical (unpaired) electrons. The Hall–Kier alpha value is -2.88. The molecule has 4 rings (SSSR count). The number of para-hydroxylation sites is 1. The van der Waals surface area contributed by atoms with Crippen molar-refractivity contribution >= 4 is 16.8 Å². The van der Waals surface area contributed by atoms with Crippen molar-refractivity contribution in [1.29, 1.82) is 0 Å². The van der Waals surface area contributed by atoms with E-state index in [4.69, 9.17) is 9.72 Å². The van der Waals surface area contributed by atoms with Gasteiger partial charge in [-0.1, -0.05) is 18.2 Å². The maximum Gasteiger partial charge on any atom is 0.255 e. The van der Waals surface area contributed by atoms with Crippen molar-refractivity contribution in [2.45, 2.75) is 38.8 Å². The molecule has 0 unspecified atom stereocenters. The third kappa shape index (κ3) is 3.39. The van der Waals surface area contributed by atoms with Gasteiger partial charge < -0.3 is 9.64 Å². The van der Waals surface area contributed by atoms with Crippen LogP contribution in [0.1, 0.15) is 37.0 Å². The highest BCUT2D eigenvalue weighted by Gasteiger charge is 2.35. The highest BCUT2D eigenvalue weighted by Crippen LogP contribution is 2.33. The van der Waals surface area contributed by atoms with Crippen molar-refractivity contribution in [1.82, 2.24) is 9.88 Å². The van der Waals surface area contributed by atoms with E-state index in [-0.39, 0.29) is 11.9 Å². The number of nitrogens with zero attached hydrogens (tertiary/aromatic N) is 2. The molecule has 1 fully saturated rings. The minimum Gasteiger partial charge on any atom is -0.497 e. The summed E-state index contributed by atoms with van der Waals surface area (Å²) in [6, 6.07) is 18.1. The third-order valence-corrected chi connectivity index (χ3v) is 5.06. The number of amides is 1. The van der Waals surface area contributed by atoms with Crippen LogP contribution < -0.4 is 4.74 Å². The molecule has 138 valence electrons. The van der Waals surface area contributed by atoms with Crippen LogP contribution in [-0.2, 0) is 0 Å². The first kappa shape index (κ1) is 17.5. The third-order valence-electron chi connectivity index (χ3n) is 5.06. The highest BCUT2D eigenvalue weighted by atomic mass is 16.5. The normalized spacial score (nSPS) is 13.8. The van der Waals surface area contributed by atoms with Crippen LogP contribution in [0.15, 0.2) is 54.6 Å². The van der Waals surface area contributed by atoms with Gasteiger partial charge in [0.15, 0.2) is 0 Å². The molecule has 4 nitrogen and oxygen atoms in total. The molecule has 2 aromatic carbocycles. The number of hydrogen-bond acceptors (Lipinski definition) is 3. The first-order chi connectivity index (χ1) is 13.1. The van der Waals surface area contributed by atoms with Crippen LogP contribution in [0.4, 0.5) is 0 Å². The second kappa shape index (κ2) is 7.03. The largest absolute Gasteiger partial charge is 0.497 e. The molecule has 1 aromatic heterocycles. The lowest BCUT2D eigenvalue weighted by atomic mass is 10.0. The van der Waals surface area contributed by atoms with Crippen LogP contribution >= 0.6 is 0 Å². The standard InChI is InChI=1S/C23H24N2O2/c1-15(2)25(17-10-11-17)23(26)20-14-22(16-8-12-18(27-3)13-9-16)24-21-7-5-4-6-19(20)21/h4-9,12-15,17H,10-11H2,1-3H3. The average Bonchev–Trinajstić information content (AvgIpc) is 3.52. The predicted octanol–water partition coefficient (Wildman–Crippen LogP) is 4.92. The van der Waals surface area contributed by atoms with Gasteiger partial charge in [-0.2, -0.15) is 0 Å². The summed E-state index contributed by atoms with van der Waals surface area (Å²) in [6.07, 6.45) is 2.19. The Morgan fingerprint density at radius 3 is 2.44 bits per heavy atom. The Morgan fingerprint density at radius 1 is 1.11 bits per heavy atom. The van der Waals surface area contributed by atoms with E-state index in [1.807, 2.05) is 59.5 Å². The van der Waals surface area contributed by atoms with Gasteiger partial charge in [-0.15, -0.1) is 0 Å². The molecule has 0 bridgehead atoms. The van der Waals surface area contributed by atoms with Crippen molar-refractivity contribution in [2.75, 3.05) is 7.11 Å². The van der Waals surface area contributed by atoms with Crippen molar-refractivity contribution in [3.63, 3.8) is 0 Å². The maximum absolute atomic E-state index is 13.4. The van der Waals surface area contributed by atoms with Crippen LogP contribution in [0.2, 0.25) is 0 Å². The van der Waals surface area contributed by atoms with E-state index in [0.29, 0.717) is 6.04 Å². The van der Waals surface area contributed by atoms with Crippen LogP contribution in [0, 0.1) is 0 Å². The molecular formula is C23H24N2O2. The van der Waals surface area contributed by atoms with E-state index in [0.717, 1.165) is 46.3 Å². The zero-order valence-electron chi connectivity index (χ0n) is 16.0. The zero-order valence-corrected chi connectivity index (χ0v) is 16.0. The Balaban J connectivity index is 1.84. The number of aromatic nitrogens is 1. The molecule has 4 heteroatoms. The van der Waals surface area contributed by atoms with Gasteiger partial charge in [-0.3, -0.25) is 4.79 Å². The second-order valence-electron chi connectivity index (χ2n) is 7.34. The Kier molecular flexibility index (Phi) is 4.56. The number of carbonyl (C=O) groups is 1. The number of benzene rings is 2. The van der Waals surface area contributed by atoms with E-state index < -0.39 is 0 Å². The fourth-order valence-corrected chi connectivity index (χ4v) is 3.58.